The van der Waals surface area contributed by atoms with Gasteiger partial charge < -0.3 is 9.84 Å². The molecule has 1 aromatic heterocycles. The molecule has 2 aromatic carbocycles. The lowest BCUT2D eigenvalue weighted by Gasteiger charge is -2.24. The quantitative estimate of drug-likeness (QED) is 0.489. The van der Waals surface area contributed by atoms with E-state index in [0.717, 1.165) is 29.7 Å². The van der Waals surface area contributed by atoms with Gasteiger partial charge in [-0.05, 0) is 56.5 Å². The Kier molecular flexibility index (Phi) is 6.73. The number of nitrogens with zero attached hydrogens (tertiary/aromatic N) is 2. The fourth-order valence-electron chi connectivity index (χ4n) is 3.88. The Hall–Kier alpha value is -2.88. The number of ether oxygens (including phenoxy) is 1. The molecule has 3 aromatic rings. The van der Waals surface area contributed by atoms with Crippen LogP contribution in [-0.2, 0) is 27.6 Å². The van der Waals surface area contributed by atoms with Crippen LogP contribution >= 0.6 is 11.6 Å². The van der Waals surface area contributed by atoms with E-state index in [1.807, 2.05) is 31.2 Å². The summed E-state index contributed by atoms with van der Waals surface area (Å²) in [6.45, 7) is 1.76. The van der Waals surface area contributed by atoms with Gasteiger partial charge in [0, 0.05) is 17.3 Å². The number of rotatable bonds is 8. The standard InChI is InChI=1S/C23H24ClN3O5S/c1-15-5-7-16(8-6-15)32-22-10-9-17(11-19(22)24)33(30,31)14-25-20-3-2-4-21-18(20)12-26-27(21)13-23(28)29/h5-12,20,25H,2-4,13-14H2,1H3,(H,28,29)/t20-/m1/s1. The maximum absolute atomic E-state index is 12.9. The first-order chi connectivity index (χ1) is 15.7. The Balaban J connectivity index is 1.45. The second kappa shape index (κ2) is 9.54. The number of carbonyl (C=O) groups is 1. The number of halogens is 1. The highest BCUT2D eigenvalue weighted by atomic mass is 35.5. The van der Waals surface area contributed by atoms with Gasteiger partial charge in [0.15, 0.2) is 9.84 Å². The van der Waals surface area contributed by atoms with Crippen LogP contribution in [0, 0.1) is 6.92 Å². The third-order valence-electron chi connectivity index (χ3n) is 5.58. The number of carboxylic acid groups (broad SMARTS) is 1. The first-order valence-electron chi connectivity index (χ1n) is 10.5. The average Bonchev–Trinajstić information content (AvgIpc) is 3.18. The van der Waals surface area contributed by atoms with Crippen LogP contribution in [0.2, 0.25) is 5.02 Å². The molecular weight excluding hydrogens is 466 g/mol. The molecule has 1 heterocycles. The summed E-state index contributed by atoms with van der Waals surface area (Å²) in [5.41, 5.74) is 2.78. The highest BCUT2D eigenvalue weighted by molar-refractivity contribution is 7.91. The number of carboxylic acids is 1. The van der Waals surface area contributed by atoms with Crippen molar-refractivity contribution in [2.45, 2.75) is 43.7 Å². The smallest absolute Gasteiger partial charge is 0.325 e. The van der Waals surface area contributed by atoms with Crippen LogP contribution in [0.5, 0.6) is 11.5 Å². The molecule has 0 saturated heterocycles. The summed E-state index contributed by atoms with van der Waals surface area (Å²) in [6.07, 6.45) is 3.89. The number of fused-ring (bicyclic) bond motifs is 1. The molecule has 33 heavy (non-hydrogen) atoms. The summed E-state index contributed by atoms with van der Waals surface area (Å²) in [5, 5.41) is 16.5. The predicted molar refractivity (Wildman–Crippen MR) is 123 cm³/mol. The van der Waals surface area contributed by atoms with Crippen LogP contribution in [0.3, 0.4) is 0 Å². The number of benzene rings is 2. The zero-order valence-electron chi connectivity index (χ0n) is 18.0. The second-order valence-corrected chi connectivity index (χ2v) is 10.4. The minimum Gasteiger partial charge on any atom is -0.480 e. The SMILES string of the molecule is Cc1ccc(Oc2ccc(S(=O)(=O)CN[C@@H]3CCCc4c3cnn4CC(=O)O)cc2Cl)cc1. The number of hydrogen-bond donors (Lipinski definition) is 2. The number of aryl methyl sites for hydroxylation is 1. The fourth-order valence-corrected chi connectivity index (χ4v) is 5.32. The first-order valence-corrected chi connectivity index (χ1v) is 12.5. The number of aliphatic carboxylic acids is 1. The number of aromatic nitrogens is 2. The van der Waals surface area contributed by atoms with E-state index < -0.39 is 15.8 Å². The van der Waals surface area contributed by atoms with Crippen LogP contribution in [0.1, 0.15) is 35.7 Å². The van der Waals surface area contributed by atoms with Gasteiger partial charge in [0.05, 0.1) is 16.1 Å². The van der Waals surface area contributed by atoms with Gasteiger partial charge in [0.1, 0.15) is 23.9 Å². The molecule has 1 aliphatic carbocycles. The monoisotopic (exact) mass is 489 g/mol. The van der Waals surface area contributed by atoms with E-state index in [1.165, 1.54) is 16.8 Å². The molecule has 0 amide bonds. The van der Waals surface area contributed by atoms with E-state index >= 15 is 0 Å². The van der Waals surface area contributed by atoms with Crippen molar-refractivity contribution < 1.29 is 23.1 Å². The lowest BCUT2D eigenvalue weighted by atomic mass is 9.93. The van der Waals surface area contributed by atoms with Crippen LogP contribution in [0.25, 0.3) is 0 Å². The number of sulfone groups is 1. The summed E-state index contributed by atoms with van der Waals surface area (Å²) in [5.74, 6) is -0.271. The van der Waals surface area contributed by atoms with Gasteiger partial charge in [-0.1, -0.05) is 29.3 Å². The van der Waals surface area contributed by atoms with E-state index in [-0.39, 0.29) is 28.4 Å². The van der Waals surface area contributed by atoms with E-state index in [2.05, 4.69) is 10.4 Å². The van der Waals surface area contributed by atoms with E-state index in [1.54, 1.807) is 12.3 Å². The van der Waals surface area contributed by atoms with Crippen molar-refractivity contribution in [3.05, 3.63) is 70.5 Å². The molecule has 0 spiro atoms. The van der Waals surface area contributed by atoms with E-state index in [0.29, 0.717) is 17.9 Å². The fraction of sp³-hybridized carbons (Fsp3) is 0.304. The Morgan fingerprint density at radius 3 is 2.73 bits per heavy atom. The van der Waals surface area contributed by atoms with Gasteiger partial charge >= 0.3 is 5.97 Å². The molecule has 1 aliphatic rings. The minimum absolute atomic E-state index is 0.0915. The molecule has 2 N–H and O–H groups in total. The van der Waals surface area contributed by atoms with Crippen molar-refractivity contribution in [2.75, 3.05) is 5.88 Å². The third-order valence-corrected chi connectivity index (χ3v) is 7.39. The molecule has 0 saturated carbocycles. The lowest BCUT2D eigenvalue weighted by Crippen LogP contribution is -2.30. The Morgan fingerprint density at radius 1 is 1.27 bits per heavy atom. The molecule has 8 nitrogen and oxygen atoms in total. The normalized spacial score (nSPS) is 15.8. The van der Waals surface area contributed by atoms with Gasteiger partial charge in [0.2, 0.25) is 0 Å². The topological polar surface area (TPSA) is 111 Å². The van der Waals surface area contributed by atoms with E-state index in [9.17, 15) is 13.2 Å². The summed E-state index contributed by atoms with van der Waals surface area (Å²) in [6, 6.07) is 11.7. The van der Waals surface area contributed by atoms with Crippen LogP contribution in [0.4, 0.5) is 0 Å². The highest BCUT2D eigenvalue weighted by Gasteiger charge is 2.26. The summed E-state index contributed by atoms with van der Waals surface area (Å²) in [4.78, 5) is 11.1. The van der Waals surface area contributed by atoms with Gasteiger partial charge in [0.25, 0.3) is 0 Å². The molecular formula is C23H24ClN3O5S. The Morgan fingerprint density at radius 2 is 2.03 bits per heavy atom. The van der Waals surface area contributed by atoms with Crippen LogP contribution < -0.4 is 10.1 Å². The minimum atomic E-state index is -3.66. The average molecular weight is 490 g/mol. The maximum atomic E-state index is 12.9. The van der Waals surface area contributed by atoms with Crippen molar-refractivity contribution in [3.8, 4) is 11.5 Å². The lowest BCUT2D eigenvalue weighted by molar-refractivity contribution is -0.137. The van der Waals surface area contributed by atoms with Gasteiger partial charge in [-0.3, -0.25) is 14.8 Å². The zero-order chi connectivity index (χ0) is 23.6. The molecule has 0 fully saturated rings. The van der Waals surface area contributed by atoms with Gasteiger partial charge in [-0.2, -0.15) is 5.10 Å². The molecule has 0 unspecified atom stereocenters. The van der Waals surface area contributed by atoms with Crippen molar-refractivity contribution in [3.63, 3.8) is 0 Å². The Labute approximate surface area is 197 Å². The van der Waals surface area contributed by atoms with Crippen molar-refractivity contribution in [2.24, 2.45) is 0 Å². The van der Waals surface area contributed by atoms with Crippen molar-refractivity contribution in [1.82, 2.24) is 15.1 Å². The van der Waals surface area contributed by atoms with Gasteiger partial charge in [-0.25, -0.2) is 8.42 Å². The summed E-state index contributed by atoms with van der Waals surface area (Å²) < 4.78 is 33.1. The summed E-state index contributed by atoms with van der Waals surface area (Å²) in [7, 11) is -3.66. The molecule has 0 bridgehead atoms. The maximum Gasteiger partial charge on any atom is 0.325 e. The van der Waals surface area contributed by atoms with Crippen LogP contribution in [-0.4, -0.2) is 35.2 Å². The number of hydrogen-bond acceptors (Lipinski definition) is 6. The van der Waals surface area contributed by atoms with Crippen LogP contribution in [0.15, 0.2) is 53.6 Å². The zero-order valence-corrected chi connectivity index (χ0v) is 19.6. The molecule has 1 atom stereocenters. The molecule has 0 aliphatic heterocycles. The van der Waals surface area contributed by atoms with Crippen molar-refractivity contribution in [1.29, 1.82) is 0 Å². The predicted octanol–water partition coefficient (Wildman–Crippen LogP) is 4.12. The summed E-state index contributed by atoms with van der Waals surface area (Å²) >= 11 is 6.31. The molecule has 4 rings (SSSR count). The first kappa shape index (κ1) is 23.3. The van der Waals surface area contributed by atoms with Crippen molar-refractivity contribution >= 4 is 27.4 Å². The second-order valence-electron chi connectivity index (χ2n) is 8.01. The molecule has 174 valence electrons. The Bertz CT molecular complexity index is 1270. The third kappa shape index (κ3) is 5.38. The largest absolute Gasteiger partial charge is 0.480 e. The van der Waals surface area contributed by atoms with E-state index in [4.69, 9.17) is 21.4 Å². The molecule has 0 radical (unpaired) electrons. The highest BCUT2D eigenvalue weighted by Crippen LogP contribution is 2.33. The molecule has 10 heteroatoms. The number of nitrogens with one attached hydrogen (secondary N) is 1. The van der Waals surface area contributed by atoms with Gasteiger partial charge in [-0.15, -0.1) is 0 Å².